The van der Waals surface area contributed by atoms with Gasteiger partial charge in [-0.25, -0.2) is 4.39 Å². The van der Waals surface area contributed by atoms with Crippen LogP contribution in [-0.2, 0) is 5.41 Å². The molecule has 5 heteroatoms. The summed E-state index contributed by atoms with van der Waals surface area (Å²) in [5.74, 6) is 0.707. The molecule has 0 saturated heterocycles. The van der Waals surface area contributed by atoms with E-state index in [1.165, 1.54) is 0 Å². The first-order valence-corrected chi connectivity index (χ1v) is 8.96. The first-order valence-electron chi connectivity index (χ1n) is 8.96. The van der Waals surface area contributed by atoms with Gasteiger partial charge in [0, 0.05) is 31.1 Å². The molecule has 134 valence electrons. The normalized spacial score (nSPS) is 16.5. The molecule has 1 fully saturated rings. The Hall–Kier alpha value is -1.62. The van der Waals surface area contributed by atoms with E-state index in [0.29, 0.717) is 12.6 Å². The molecule has 4 nitrogen and oxygen atoms in total. The van der Waals surface area contributed by atoms with Crippen molar-refractivity contribution in [2.75, 3.05) is 33.2 Å². The maximum absolute atomic E-state index is 14.1. The molecule has 1 aromatic rings. The average molecular weight is 334 g/mol. The van der Waals surface area contributed by atoms with Crippen LogP contribution in [0.2, 0.25) is 0 Å². The summed E-state index contributed by atoms with van der Waals surface area (Å²) in [5, 5.41) is 6.65. The molecular weight excluding hydrogens is 303 g/mol. The molecule has 2 rings (SSSR count). The maximum atomic E-state index is 14.1. The number of likely N-dealkylation sites (N-methyl/N-ethyl adjacent to an activating group) is 1. The summed E-state index contributed by atoms with van der Waals surface area (Å²) < 4.78 is 14.1. The van der Waals surface area contributed by atoms with Crippen molar-refractivity contribution in [3.05, 3.63) is 35.6 Å². The second kappa shape index (κ2) is 8.47. The van der Waals surface area contributed by atoms with Gasteiger partial charge in [-0.1, -0.05) is 18.2 Å². The van der Waals surface area contributed by atoms with Crippen molar-refractivity contribution in [2.24, 2.45) is 4.99 Å². The Morgan fingerprint density at radius 3 is 2.58 bits per heavy atom. The van der Waals surface area contributed by atoms with Crippen molar-refractivity contribution in [3.63, 3.8) is 0 Å². The average Bonchev–Trinajstić information content (AvgIpc) is 3.33. The Kier molecular flexibility index (Phi) is 6.60. The van der Waals surface area contributed by atoms with Gasteiger partial charge in [-0.05, 0) is 52.3 Å². The van der Waals surface area contributed by atoms with Crippen LogP contribution in [0.15, 0.2) is 29.3 Å². The van der Waals surface area contributed by atoms with Crippen LogP contribution in [0.25, 0.3) is 0 Å². The van der Waals surface area contributed by atoms with Crippen molar-refractivity contribution < 1.29 is 4.39 Å². The lowest BCUT2D eigenvalue weighted by molar-refractivity contribution is 0.278. The molecule has 1 aliphatic rings. The summed E-state index contributed by atoms with van der Waals surface area (Å²) in [6.45, 7) is 9.67. The zero-order valence-corrected chi connectivity index (χ0v) is 15.4. The molecule has 0 amide bonds. The van der Waals surface area contributed by atoms with Gasteiger partial charge in [0.15, 0.2) is 5.96 Å². The number of benzene rings is 1. The molecule has 2 N–H and O–H groups in total. The lowest BCUT2D eigenvalue weighted by Gasteiger charge is -2.22. The molecule has 1 aromatic carbocycles. The fourth-order valence-corrected chi connectivity index (χ4v) is 2.74. The third-order valence-electron chi connectivity index (χ3n) is 4.82. The van der Waals surface area contributed by atoms with Crippen LogP contribution < -0.4 is 10.6 Å². The van der Waals surface area contributed by atoms with E-state index in [-0.39, 0.29) is 11.2 Å². The minimum atomic E-state index is -0.110. The highest BCUT2D eigenvalue weighted by atomic mass is 19.1. The predicted molar refractivity (Wildman–Crippen MR) is 99.1 cm³/mol. The molecular formula is C19H31FN4. The molecule has 0 aliphatic heterocycles. The van der Waals surface area contributed by atoms with E-state index in [1.54, 1.807) is 12.1 Å². The van der Waals surface area contributed by atoms with E-state index in [1.807, 2.05) is 12.1 Å². The molecule has 24 heavy (non-hydrogen) atoms. The highest BCUT2D eigenvalue weighted by Crippen LogP contribution is 2.49. The third-order valence-corrected chi connectivity index (χ3v) is 4.82. The quantitative estimate of drug-likeness (QED) is 0.567. The SMILES string of the molecule is CCNC(=NCC1(c2ccccc2F)CC1)NCCN(C)C(C)C. The van der Waals surface area contributed by atoms with Gasteiger partial charge in [0.05, 0.1) is 6.54 Å². The molecule has 0 heterocycles. The Morgan fingerprint density at radius 2 is 2.00 bits per heavy atom. The van der Waals surface area contributed by atoms with Crippen molar-refractivity contribution in [2.45, 2.75) is 45.1 Å². The van der Waals surface area contributed by atoms with Crippen LogP contribution >= 0.6 is 0 Å². The van der Waals surface area contributed by atoms with Gasteiger partial charge < -0.3 is 15.5 Å². The van der Waals surface area contributed by atoms with Crippen LogP contribution in [0.5, 0.6) is 0 Å². The summed E-state index contributed by atoms with van der Waals surface area (Å²) in [7, 11) is 2.12. The molecule has 1 aliphatic carbocycles. The Bertz CT molecular complexity index is 552. The number of nitrogens with one attached hydrogen (secondary N) is 2. The Labute approximate surface area is 145 Å². The first-order chi connectivity index (χ1) is 11.5. The fraction of sp³-hybridized carbons (Fsp3) is 0.632. The molecule has 0 aromatic heterocycles. The van der Waals surface area contributed by atoms with Crippen LogP contribution in [0.1, 0.15) is 39.2 Å². The standard InChI is InChI=1S/C19H31FN4/c1-5-21-18(22-12-13-24(4)15(2)3)23-14-19(10-11-19)16-8-6-7-9-17(16)20/h6-9,15H,5,10-14H2,1-4H3,(H2,21,22,23). The fourth-order valence-electron chi connectivity index (χ4n) is 2.74. The highest BCUT2D eigenvalue weighted by Gasteiger charge is 2.45. The van der Waals surface area contributed by atoms with Crippen molar-refractivity contribution in [1.82, 2.24) is 15.5 Å². The van der Waals surface area contributed by atoms with Gasteiger partial charge in [0.1, 0.15) is 5.82 Å². The summed E-state index contributed by atoms with van der Waals surface area (Å²) in [5.41, 5.74) is 0.701. The lowest BCUT2D eigenvalue weighted by atomic mass is 9.95. The van der Waals surface area contributed by atoms with Gasteiger partial charge in [-0.2, -0.15) is 0 Å². The summed E-state index contributed by atoms with van der Waals surface area (Å²) in [4.78, 5) is 7.01. The number of nitrogens with zero attached hydrogens (tertiary/aromatic N) is 2. The van der Waals surface area contributed by atoms with Gasteiger partial charge in [0.25, 0.3) is 0 Å². The van der Waals surface area contributed by atoms with E-state index in [2.05, 4.69) is 43.4 Å². The summed E-state index contributed by atoms with van der Waals surface area (Å²) >= 11 is 0. The summed E-state index contributed by atoms with van der Waals surface area (Å²) in [6, 6.07) is 7.63. The van der Waals surface area contributed by atoms with Gasteiger partial charge in [0.2, 0.25) is 0 Å². The molecule has 0 unspecified atom stereocenters. The monoisotopic (exact) mass is 334 g/mol. The van der Waals surface area contributed by atoms with E-state index < -0.39 is 0 Å². The zero-order chi connectivity index (χ0) is 17.6. The third kappa shape index (κ3) is 4.94. The topological polar surface area (TPSA) is 39.7 Å². The Morgan fingerprint density at radius 1 is 1.29 bits per heavy atom. The van der Waals surface area contributed by atoms with Gasteiger partial charge >= 0.3 is 0 Å². The van der Waals surface area contributed by atoms with Crippen molar-refractivity contribution in [3.8, 4) is 0 Å². The second-order valence-electron chi connectivity index (χ2n) is 6.96. The molecule has 0 atom stereocenters. The predicted octanol–water partition coefficient (Wildman–Crippen LogP) is 2.75. The van der Waals surface area contributed by atoms with E-state index in [0.717, 1.165) is 44.0 Å². The molecule has 0 radical (unpaired) electrons. The minimum Gasteiger partial charge on any atom is -0.357 e. The van der Waals surface area contributed by atoms with Crippen LogP contribution in [0.4, 0.5) is 4.39 Å². The zero-order valence-electron chi connectivity index (χ0n) is 15.4. The largest absolute Gasteiger partial charge is 0.357 e. The van der Waals surface area contributed by atoms with Crippen LogP contribution in [0.3, 0.4) is 0 Å². The number of hydrogen-bond acceptors (Lipinski definition) is 2. The highest BCUT2D eigenvalue weighted by molar-refractivity contribution is 5.79. The van der Waals surface area contributed by atoms with Crippen molar-refractivity contribution >= 4 is 5.96 Å². The number of halogens is 1. The maximum Gasteiger partial charge on any atom is 0.191 e. The number of aliphatic imine (C=N–C) groups is 1. The van der Waals surface area contributed by atoms with Gasteiger partial charge in [-0.3, -0.25) is 4.99 Å². The van der Waals surface area contributed by atoms with Crippen LogP contribution in [0, 0.1) is 5.82 Å². The minimum absolute atomic E-state index is 0.109. The smallest absolute Gasteiger partial charge is 0.191 e. The van der Waals surface area contributed by atoms with E-state index in [9.17, 15) is 4.39 Å². The van der Waals surface area contributed by atoms with Crippen molar-refractivity contribution in [1.29, 1.82) is 0 Å². The lowest BCUT2D eigenvalue weighted by Crippen LogP contribution is -2.42. The van der Waals surface area contributed by atoms with E-state index in [4.69, 9.17) is 4.99 Å². The molecule has 0 spiro atoms. The van der Waals surface area contributed by atoms with Gasteiger partial charge in [-0.15, -0.1) is 0 Å². The number of hydrogen-bond donors (Lipinski definition) is 2. The van der Waals surface area contributed by atoms with Crippen LogP contribution in [-0.4, -0.2) is 50.1 Å². The van der Waals surface area contributed by atoms with E-state index >= 15 is 0 Å². The number of rotatable bonds is 8. The summed E-state index contributed by atoms with van der Waals surface area (Å²) in [6.07, 6.45) is 2.01. The molecule has 0 bridgehead atoms. The molecule has 1 saturated carbocycles. The first kappa shape index (κ1) is 18.7. The Balaban J connectivity index is 1.94. The second-order valence-corrected chi connectivity index (χ2v) is 6.96. The number of guanidine groups is 1.